The van der Waals surface area contributed by atoms with E-state index in [1.807, 2.05) is 0 Å². The number of allylic oxidation sites excluding steroid dienone is 1. The molecule has 1 amide bonds. The minimum absolute atomic E-state index is 0.0535. The van der Waals surface area contributed by atoms with Crippen molar-refractivity contribution in [2.45, 2.75) is 25.1 Å². The lowest BCUT2D eigenvalue weighted by Gasteiger charge is -2.06. The maximum Gasteiger partial charge on any atom is 0.328 e. The first kappa shape index (κ1) is 21.6. The SMILES string of the molecule is C=CCn1c(=O)[nH]c(C)c(Cc2nnc(SCC(=O)Nc3cccc(Cl)c3)o2)c1=O. The lowest BCUT2D eigenvalue weighted by atomic mass is 10.1. The Balaban J connectivity index is 1.65. The Morgan fingerprint density at radius 2 is 2.20 bits per heavy atom. The van der Waals surface area contributed by atoms with E-state index in [1.54, 1.807) is 31.2 Å². The third-order valence-electron chi connectivity index (χ3n) is 4.02. The van der Waals surface area contributed by atoms with Crippen molar-refractivity contribution in [3.8, 4) is 0 Å². The quantitative estimate of drug-likeness (QED) is 0.401. The molecule has 3 aromatic rings. The van der Waals surface area contributed by atoms with Crippen LogP contribution in [0.25, 0.3) is 0 Å². The molecule has 0 unspecified atom stereocenters. The summed E-state index contributed by atoms with van der Waals surface area (Å²) >= 11 is 6.96. The molecule has 0 aliphatic rings. The van der Waals surface area contributed by atoms with Crippen molar-refractivity contribution in [3.63, 3.8) is 0 Å². The first-order chi connectivity index (χ1) is 14.4. The number of hydrogen-bond acceptors (Lipinski definition) is 7. The summed E-state index contributed by atoms with van der Waals surface area (Å²) in [5.74, 6) is -0.00575. The monoisotopic (exact) mass is 447 g/mol. The molecule has 0 radical (unpaired) electrons. The Kier molecular flexibility index (Phi) is 6.91. The van der Waals surface area contributed by atoms with Crippen molar-refractivity contribution < 1.29 is 9.21 Å². The second kappa shape index (κ2) is 9.59. The van der Waals surface area contributed by atoms with E-state index in [-0.39, 0.29) is 35.7 Å². The van der Waals surface area contributed by atoms with Crippen LogP contribution in [0.5, 0.6) is 0 Å². The number of thioether (sulfide) groups is 1. The number of carbonyl (C=O) groups is 1. The van der Waals surface area contributed by atoms with Gasteiger partial charge >= 0.3 is 5.69 Å². The number of aromatic nitrogens is 4. The number of hydrogen-bond donors (Lipinski definition) is 2. The summed E-state index contributed by atoms with van der Waals surface area (Å²) in [5, 5.41) is 11.2. The van der Waals surface area contributed by atoms with E-state index < -0.39 is 11.2 Å². The molecule has 3 rings (SSSR count). The molecule has 2 N–H and O–H groups in total. The summed E-state index contributed by atoms with van der Waals surface area (Å²) in [6, 6.07) is 6.81. The summed E-state index contributed by atoms with van der Waals surface area (Å²) in [5.41, 5.74) is 0.413. The zero-order chi connectivity index (χ0) is 21.7. The van der Waals surface area contributed by atoms with E-state index >= 15 is 0 Å². The van der Waals surface area contributed by atoms with E-state index in [9.17, 15) is 14.4 Å². The summed E-state index contributed by atoms with van der Waals surface area (Å²) in [6.07, 6.45) is 1.52. The Hall–Kier alpha value is -3.11. The van der Waals surface area contributed by atoms with Gasteiger partial charge in [-0.15, -0.1) is 16.8 Å². The van der Waals surface area contributed by atoms with Crippen molar-refractivity contribution in [2.75, 3.05) is 11.1 Å². The highest BCUT2D eigenvalue weighted by atomic mass is 35.5. The van der Waals surface area contributed by atoms with Gasteiger partial charge < -0.3 is 14.7 Å². The topological polar surface area (TPSA) is 123 Å². The molecule has 0 bridgehead atoms. The molecule has 30 heavy (non-hydrogen) atoms. The predicted molar refractivity (Wildman–Crippen MR) is 114 cm³/mol. The van der Waals surface area contributed by atoms with Gasteiger partial charge in [0, 0.05) is 28.5 Å². The van der Waals surface area contributed by atoms with Crippen molar-refractivity contribution in [3.05, 3.63) is 79.9 Å². The number of amides is 1. The molecular formula is C19H18ClN5O4S. The van der Waals surface area contributed by atoms with Crippen LogP contribution in [0.15, 0.2) is 56.1 Å². The van der Waals surface area contributed by atoms with Gasteiger partial charge in [-0.2, -0.15) is 0 Å². The largest absolute Gasteiger partial charge is 0.416 e. The fourth-order valence-electron chi connectivity index (χ4n) is 2.63. The third kappa shape index (κ3) is 5.28. The van der Waals surface area contributed by atoms with E-state index in [1.165, 1.54) is 6.08 Å². The number of nitrogens with zero attached hydrogens (tertiary/aromatic N) is 3. The second-order valence-corrected chi connectivity index (χ2v) is 7.59. The minimum atomic E-state index is -0.506. The van der Waals surface area contributed by atoms with Gasteiger partial charge in [-0.1, -0.05) is 35.5 Å². The van der Waals surface area contributed by atoms with Crippen LogP contribution in [0.3, 0.4) is 0 Å². The number of rotatable bonds is 8. The Bertz CT molecular complexity index is 1200. The van der Waals surface area contributed by atoms with Crippen molar-refractivity contribution in [2.24, 2.45) is 0 Å². The molecule has 2 heterocycles. The highest BCUT2D eigenvalue weighted by Crippen LogP contribution is 2.19. The summed E-state index contributed by atoms with van der Waals surface area (Å²) in [4.78, 5) is 39.2. The molecule has 0 fully saturated rings. The number of nitrogens with one attached hydrogen (secondary N) is 2. The van der Waals surface area contributed by atoms with Crippen LogP contribution < -0.4 is 16.6 Å². The summed E-state index contributed by atoms with van der Waals surface area (Å²) in [6.45, 7) is 5.27. The number of carbonyl (C=O) groups excluding carboxylic acids is 1. The van der Waals surface area contributed by atoms with Gasteiger partial charge in [-0.05, 0) is 25.1 Å². The fourth-order valence-corrected chi connectivity index (χ4v) is 3.40. The molecule has 0 saturated carbocycles. The molecule has 0 spiro atoms. The van der Waals surface area contributed by atoms with Crippen molar-refractivity contribution in [1.29, 1.82) is 0 Å². The molecule has 0 aliphatic carbocycles. The van der Waals surface area contributed by atoms with Gasteiger partial charge in [0.05, 0.1) is 12.2 Å². The molecule has 2 aromatic heterocycles. The average molecular weight is 448 g/mol. The van der Waals surface area contributed by atoms with Crippen LogP contribution in [0.2, 0.25) is 5.02 Å². The number of benzene rings is 1. The number of aromatic amines is 1. The average Bonchev–Trinajstić information content (AvgIpc) is 3.14. The lowest BCUT2D eigenvalue weighted by Crippen LogP contribution is -2.37. The van der Waals surface area contributed by atoms with Crippen LogP contribution in [0, 0.1) is 6.92 Å². The van der Waals surface area contributed by atoms with E-state index in [2.05, 4.69) is 27.1 Å². The van der Waals surface area contributed by atoms with E-state index in [4.69, 9.17) is 16.0 Å². The second-order valence-electron chi connectivity index (χ2n) is 6.22. The minimum Gasteiger partial charge on any atom is -0.416 e. The number of halogens is 1. The van der Waals surface area contributed by atoms with Crippen LogP contribution in [-0.4, -0.2) is 31.4 Å². The molecule has 0 aliphatic heterocycles. The fraction of sp³-hybridized carbons (Fsp3) is 0.211. The van der Waals surface area contributed by atoms with Gasteiger partial charge in [-0.3, -0.25) is 14.2 Å². The smallest absolute Gasteiger partial charge is 0.328 e. The maximum atomic E-state index is 12.6. The third-order valence-corrected chi connectivity index (χ3v) is 5.07. The number of anilines is 1. The molecule has 0 saturated heterocycles. The predicted octanol–water partition coefficient (Wildman–Crippen LogP) is 2.39. The van der Waals surface area contributed by atoms with Crippen LogP contribution in [0.1, 0.15) is 17.1 Å². The molecule has 9 nitrogen and oxygen atoms in total. The first-order valence-electron chi connectivity index (χ1n) is 8.81. The number of aryl methyl sites for hydroxylation is 1. The van der Waals surface area contributed by atoms with Crippen molar-refractivity contribution in [1.82, 2.24) is 19.7 Å². The highest BCUT2D eigenvalue weighted by Gasteiger charge is 2.16. The van der Waals surface area contributed by atoms with Gasteiger partial charge in [0.15, 0.2) is 0 Å². The van der Waals surface area contributed by atoms with Gasteiger partial charge in [-0.25, -0.2) is 4.79 Å². The molecule has 1 aromatic carbocycles. The Morgan fingerprint density at radius 3 is 2.93 bits per heavy atom. The molecule has 156 valence electrons. The zero-order valence-electron chi connectivity index (χ0n) is 16.0. The van der Waals surface area contributed by atoms with Gasteiger partial charge in [0.25, 0.3) is 10.8 Å². The molecule has 11 heteroatoms. The normalized spacial score (nSPS) is 10.7. The van der Waals surface area contributed by atoms with Gasteiger partial charge in [0.2, 0.25) is 11.8 Å². The molecule has 0 atom stereocenters. The maximum absolute atomic E-state index is 12.6. The molecular weight excluding hydrogens is 430 g/mol. The number of H-pyrrole nitrogens is 1. The van der Waals surface area contributed by atoms with Crippen LogP contribution >= 0.6 is 23.4 Å². The Morgan fingerprint density at radius 1 is 1.40 bits per heavy atom. The van der Waals surface area contributed by atoms with Gasteiger partial charge in [0.1, 0.15) is 0 Å². The lowest BCUT2D eigenvalue weighted by molar-refractivity contribution is -0.113. The van der Waals surface area contributed by atoms with Crippen LogP contribution in [-0.2, 0) is 17.8 Å². The standard InChI is InChI=1S/C19H18ClN5O4S/c1-3-7-25-17(27)14(11(2)21-18(25)28)9-16-23-24-19(29-16)30-10-15(26)22-13-6-4-5-12(20)8-13/h3-6,8H,1,7,9-10H2,2H3,(H,21,28)(H,22,26). The highest BCUT2D eigenvalue weighted by molar-refractivity contribution is 7.99. The van der Waals surface area contributed by atoms with Crippen molar-refractivity contribution >= 4 is 35.0 Å². The Labute approximate surface area is 180 Å². The summed E-state index contributed by atoms with van der Waals surface area (Å²) < 4.78 is 6.57. The van der Waals surface area contributed by atoms with Crippen LogP contribution in [0.4, 0.5) is 5.69 Å². The summed E-state index contributed by atoms with van der Waals surface area (Å²) in [7, 11) is 0. The first-order valence-corrected chi connectivity index (χ1v) is 10.2. The van der Waals surface area contributed by atoms with E-state index in [0.29, 0.717) is 22.0 Å². The van der Waals surface area contributed by atoms with E-state index in [0.717, 1.165) is 16.3 Å². The zero-order valence-corrected chi connectivity index (χ0v) is 17.5.